The molecule has 26 heteroatoms. The molecule has 0 spiro atoms. The van der Waals surface area contributed by atoms with Crippen molar-refractivity contribution in [2.24, 2.45) is 23.7 Å². The molecule has 2 aliphatic carbocycles. The lowest BCUT2D eigenvalue weighted by atomic mass is 9.89. The summed E-state index contributed by atoms with van der Waals surface area (Å²) >= 11 is 3.97. The normalized spacial score (nSPS) is 21.0. The second kappa shape index (κ2) is 33.0. The van der Waals surface area contributed by atoms with Gasteiger partial charge < -0.3 is 34.6 Å². The lowest BCUT2D eigenvalue weighted by Crippen LogP contribution is -2.59. The smallest absolute Gasteiger partial charge is 0.276 e. The van der Waals surface area contributed by atoms with Crippen molar-refractivity contribution in [1.29, 1.82) is 0 Å². The van der Waals surface area contributed by atoms with Gasteiger partial charge in [-0.2, -0.15) is 23.5 Å². The average molecular weight is 1260 g/mol. The van der Waals surface area contributed by atoms with Crippen molar-refractivity contribution in [3.63, 3.8) is 0 Å². The van der Waals surface area contributed by atoms with Crippen LogP contribution in [0.3, 0.4) is 0 Å². The number of fused-ring (bicyclic) bond motifs is 3. The van der Waals surface area contributed by atoms with Crippen LogP contribution in [0.2, 0.25) is 0 Å². The molecule has 5 N–H and O–H groups in total. The summed E-state index contributed by atoms with van der Waals surface area (Å²) in [6.45, 7) is 13.8. The minimum absolute atomic E-state index is 0.00651. The van der Waals surface area contributed by atoms with E-state index < -0.39 is 87.9 Å². The van der Waals surface area contributed by atoms with E-state index in [0.717, 1.165) is 22.9 Å². The summed E-state index contributed by atoms with van der Waals surface area (Å²) in [5, 5.41) is 15.3. The molecule has 2 aromatic rings. The fourth-order valence-corrected chi connectivity index (χ4v) is 16.3. The third kappa shape index (κ3) is 19.5. The molecular weight excluding hydrogens is 1160 g/mol. The lowest BCUT2D eigenvalue weighted by Gasteiger charge is -2.41. The minimum Gasteiger partial charge on any atom is -0.484 e. The molecule has 2 bridgehead atoms. The molecule has 1 aromatic heterocycles. The number of carbonyl (C=O) groups is 7. The van der Waals surface area contributed by atoms with Crippen LogP contribution in [-0.2, 0) is 77.5 Å². The van der Waals surface area contributed by atoms with Gasteiger partial charge in [0.1, 0.15) is 17.8 Å². The van der Waals surface area contributed by atoms with E-state index in [1.165, 1.54) is 46.3 Å². The number of thioether (sulfide) groups is 2. The Morgan fingerprint density at radius 3 is 2.06 bits per heavy atom. The molecule has 7 amide bonds. The van der Waals surface area contributed by atoms with Gasteiger partial charge in [-0.1, -0.05) is 85.1 Å². The Morgan fingerprint density at radius 2 is 1.45 bits per heavy atom. The molecule has 2 unspecified atom stereocenters. The minimum atomic E-state index is -4.01. The SMILES string of the molecule is CC[C@H](C)[C@@H]([C@@H](CC(=O)N1CCC[C@H]1[C@H](OC)[C@@H](C)C(=O)N[C@@H](Cc1ccc(OCC(=O)NNC(=O)CCCn2nnc3c2CSC2CCCCC(C2)SC3)cc1)C(=O)NS(=O)(=O)C1CC1)OC)N(C)C(=O)[C@@H](NC(=O)[C@H](C(C)C)N(C)C)C(C)C. The predicted octanol–water partition coefficient (Wildman–Crippen LogP) is 4.75. The third-order valence-corrected chi connectivity index (χ3v) is 21.8. The first-order valence-corrected chi connectivity index (χ1v) is 34.4. The molecule has 11 atom stereocenters. The van der Waals surface area contributed by atoms with E-state index in [9.17, 15) is 42.0 Å². The predicted molar refractivity (Wildman–Crippen MR) is 332 cm³/mol. The Morgan fingerprint density at radius 1 is 0.791 bits per heavy atom. The maximum absolute atomic E-state index is 14.6. The number of hydrazine groups is 1. The van der Waals surface area contributed by atoms with Gasteiger partial charge in [0, 0.05) is 69.2 Å². The summed E-state index contributed by atoms with van der Waals surface area (Å²) in [7, 11) is 4.31. The van der Waals surface area contributed by atoms with Crippen LogP contribution in [0.15, 0.2) is 24.3 Å². The van der Waals surface area contributed by atoms with Crippen LogP contribution in [-0.4, -0.2) is 186 Å². The van der Waals surface area contributed by atoms with Crippen LogP contribution in [0.4, 0.5) is 0 Å². The number of carbonyl (C=O) groups excluding carboxylic acids is 7. The number of likely N-dealkylation sites (tertiary alicyclic amines) is 1. The van der Waals surface area contributed by atoms with Crippen LogP contribution in [0.5, 0.6) is 5.75 Å². The molecule has 86 heavy (non-hydrogen) atoms. The number of sulfonamides is 1. The van der Waals surface area contributed by atoms with E-state index in [1.807, 2.05) is 88.7 Å². The summed E-state index contributed by atoms with van der Waals surface area (Å²) in [6.07, 6.45) is 7.77. The van der Waals surface area contributed by atoms with E-state index in [1.54, 1.807) is 48.0 Å². The van der Waals surface area contributed by atoms with Gasteiger partial charge in [0.25, 0.3) is 11.8 Å². The average Bonchev–Trinajstić information content (AvgIpc) is 3.15. The first-order chi connectivity index (χ1) is 40.9. The summed E-state index contributed by atoms with van der Waals surface area (Å²) < 4.78 is 48.0. The first kappa shape index (κ1) is 70.1. The second-order valence-corrected chi connectivity index (χ2v) is 29.2. The monoisotopic (exact) mass is 1260 g/mol. The van der Waals surface area contributed by atoms with E-state index in [0.29, 0.717) is 73.4 Å². The highest BCUT2D eigenvalue weighted by Gasteiger charge is 2.45. The van der Waals surface area contributed by atoms with Gasteiger partial charge in [0.2, 0.25) is 39.6 Å². The van der Waals surface area contributed by atoms with Gasteiger partial charge in [-0.3, -0.25) is 54.0 Å². The topological polar surface area (TPSA) is 282 Å². The van der Waals surface area contributed by atoms with Crippen molar-refractivity contribution in [3.05, 3.63) is 41.2 Å². The Kier molecular flexibility index (Phi) is 26.9. The van der Waals surface area contributed by atoms with Crippen LogP contribution in [0, 0.1) is 23.7 Å². The van der Waals surface area contributed by atoms with Crippen molar-refractivity contribution in [2.75, 3.05) is 48.5 Å². The van der Waals surface area contributed by atoms with Crippen LogP contribution < -0.4 is 30.9 Å². The molecule has 23 nitrogen and oxygen atoms in total. The molecule has 3 heterocycles. The van der Waals surface area contributed by atoms with Crippen LogP contribution in [0.1, 0.15) is 149 Å². The number of aromatic nitrogens is 3. The molecule has 6 rings (SSSR count). The molecule has 1 saturated heterocycles. The largest absolute Gasteiger partial charge is 0.484 e. The van der Waals surface area contributed by atoms with Gasteiger partial charge in [0.15, 0.2) is 6.61 Å². The Balaban J connectivity index is 1.03. The maximum Gasteiger partial charge on any atom is 0.276 e. The van der Waals surface area contributed by atoms with Gasteiger partial charge in [0.05, 0.1) is 59.3 Å². The number of aryl methyl sites for hydroxylation is 1. The lowest BCUT2D eigenvalue weighted by molar-refractivity contribution is -0.148. The number of ether oxygens (including phenoxy) is 3. The number of methoxy groups -OCH3 is 2. The quantitative estimate of drug-likeness (QED) is 0.0660. The number of hydrogen-bond donors (Lipinski definition) is 5. The second-order valence-electron chi connectivity index (χ2n) is 24.7. The van der Waals surface area contributed by atoms with E-state index in [2.05, 4.69) is 36.5 Å². The van der Waals surface area contributed by atoms with Gasteiger partial charge in [-0.05, 0) is 101 Å². The van der Waals surface area contributed by atoms with Crippen molar-refractivity contribution in [2.45, 2.75) is 215 Å². The molecule has 482 valence electrons. The molecule has 0 radical (unpaired) electrons. The van der Waals surface area contributed by atoms with Crippen molar-refractivity contribution < 1.29 is 56.2 Å². The van der Waals surface area contributed by atoms with Crippen molar-refractivity contribution in [1.82, 2.24) is 55.9 Å². The van der Waals surface area contributed by atoms with Crippen molar-refractivity contribution in [3.8, 4) is 5.75 Å². The summed E-state index contributed by atoms with van der Waals surface area (Å²) in [6, 6.07) is 2.64. The standard InChI is InChI=1S/C60H97N11O12S3/c1-13-38(6)55(69(10)60(78)53(36(2)3)62-59(77)54(37(4)5)68(8)9)49(81-11)32-52(74)70-28-16-20-47(70)56(82-12)39(7)57(75)61-45(58(76)66-86(79,80)44-26-27-44)30-40-22-24-41(25-23-40)83-33-51(73)65-64-50(72)21-17-29-71-48-35-85-43-19-15-14-18-42(31-43)84-34-46(48)63-67-71/h22-25,36-39,42-45,47,49,53-56H,13-21,26-35H2,1-12H3,(H,61,75)(H,62,77)(H,64,72)(H,65,73)(H,66,76)/t38-,39+,42?,43?,45-,47-,49+,53-,54-,55-,56+/m0/s1. The zero-order chi connectivity index (χ0) is 63.0. The van der Waals surface area contributed by atoms with Crippen LogP contribution >= 0.6 is 23.5 Å². The molecule has 1 aromatic carbocycles. The number of amides is 7. The van der Waals surface area contributed by atoms with E-state index in [4.69, 9.17) is 14.2 Å². The summed E-state index contributed by atoms with van der Waals surface area (Å²) in [5.74, 6) is -2.60. The molecule has 4 aliphatic rings. The summed E-state index contributed by atoms with van der Waals surface area (Å²) in [4.78, 5) is 101. The highest BCUT2D eigenvalue weighted by atomic mass is 32.2. The number of benzene rings is 1. The number of likely N-dealkylation sites (N-methyl/N-ethyl adjacent to an activating group) is 2. The van der Waals surface area contributed by atoms with Gasteiger partial charge >= 0.3 is 0 Å². The number of nitrogens with one attached hydrogen (secondary N) is 5. The molecular formula is C60H97N11O12S3. The Bertz CT molecular complexity index is 2700. The van der Waals surface area contributed by atoms with E-state index >= 15 is 0 Å². The van der Waals surface area contributed by atoms with Crippen molar-refractivity contribution >= 4 is 74.9 Å². The highest BCUT2D eigenvalue weighted by molar-refractivity contribution is 8.00. The maximum atomic E-state index is 14.6. The zero-order valence-electron chi connectivity index (χ0n) is 52.6. The number of nitrogens with zero attached hydrogens (tertiary/aromatic N) is 6. The zero-order valence-corrected chi connectivity index (χ0v) is 55.1. The third-order valence-electron chi connectivity index (χ3n) is 17.3. The summed E-state index contributed by atoms with van der Waals surface area (Å²) in [5.41, 5.74) is 7.52. The Hall–Kier alpha value is -5.02. The molecule has 2 saturated carbocycles. The fraction of sp³-hybridized carbons (Fsp3) is 0.750. The van der Waals surface area contributed by atoms with Gasteiger partial charge in [-0.15, -0.1) is 5.10 Å². The van der Waals surface area contributed by atoms with Gasteiger partial charge in [-0.25, -0.2) is 13.1 Å². The Labute approximate surface area is 518 Å². The highest BCUT2D eigenvalue weighted by Crippen LogP contribution is 2.39. The molecule has 2 aliphatic heterocycles. The number of rotatable bonds is 30. The molecule has 3 fully saturated rings. The van der Waals surface area contributed by atoms with Crippen LogP contribution in [0.25, 0.3) is 0 Å². The fourth-order valence-electron chi connectivity index (χ4n) is 12.1. The number of hydrogen-bond acceptors (Lipinski definition) is 17. The first-order valence-electron chi connectivity index (χ1n) is 30.8. The van der Waals surface area contributed by atoms with E-state index in [-0.39, 0.29) is 60.6 Å².